The van der Waals surface area contributed by atoms with Crippen LogP contribution in [0.1, 0.15) is 34.3 Å². The van der Waals surface area contributed by atoms with Gasteiger partial charge in [-0.3, -0.25) is 9.69 Å². The molecule has 1 aliphatic carbocycles. The van der Waals surface area contributed by atoms with Crippen LogP contribution < -0.4 is 15.0 Å². The summed E-state index contributed by atoms with van der Waals surface area (Å²) in [6, 6.07) is 9.43. The molecule has 0 saturated heterocycles. The number of benzene rings is 2. The van der Waals surface area contributed by atoms with Gasteiger partial charge < -0.3 is 20.1 Å². The summed E-state index contributed by atoms with van der Waals surface area (Å²) in [5.41, 5.74) is 3.90. The minimum Gasteiger partial charge on any atom is -0.474 e. The van der Waals surface area contributed by atoms with E-state index in [-0.39, 0.29) is 35.5 Å². The predicted molar refractivity (Wildman–Crippen MR) is 148 cm³/mol. The SMILES string of the molecule is Cc1c(-c2cc3cc(Nc4ccc5c(c4)CN(C4CC4)C5=O)ncc3c(Cl)c2F)cnc2c1N(C(=O)O)CCO2. The van der Waals surface area contributed by atoms with Gasteiger partial charge in [0.15, 0.2) is 0 Å². The maximum absolute atomic E-state index is 15.6. The number of hydrogen-bond donors (Lipinski definition) is 2. The van der Waals surface area contributed by atoms with E-state index >= 15 is 4.39 Å². The van der Waals surface area contributed by atoms with Gasteiger partial charge in [-0.25, -0.2) is 19.2 Å². The second-order valence-corrected chi connectivity index (χ2v) is 10.6. The normalized spacial score (nSPS) is 16.1. The number of anilines is 3. The van der Waals surface area contributed by atoms with Crippen LogP contribution in [0.2, 0.25) is 5.02 Å². The topological polar surface area (TPSA) is 108 Å². The van der Waals surface area contributed by atoms with Gasteiger partial charge in [-0.1, -0.05) is 11.6 Å². The molecule has 9 nitrogen and oxygen atoms in total. The van der Waals surface area contributed by atoms with Crippen LogP contribution in [0.5, 0.6) is 5.88 Å². The van der Waals surface area contributed by atoms with Crippen molar-refractivity contribution in [3.63, 3.8) is 0 Å². The Morgan fingerprint density at radius 2 is 1.98 bits per heavy atom. The van der Waals surface area contributed by atoms with E-state index in [9.17, 15) is 14.7 Å². The molecule has 0 spiro atoms. The summed E-state index contributed by atoms with van der Waals surface area (Å²) in [7, 11) is 0. The summed E-state index contributed by atoms with van der Waals surface area (Å²) in [5, 5.41) is 14.0. The van der Waals surface area contributed by atoms with Crippen LogP contribution in [0, 0.1) is 12.7 Å². The van der Waals surface area contributed by atoms with Crippen molar-refractivity contribution in [1.29, 1.82) is 0 Å². The Labute approximate surface area is 233 Å². The quantitative estimate of drug-likeness (QED) is 0.309. The zero-order valence-corrected chi connectivity index (χ0v) is 22.1. The predicted octanol–water partition coefficient (Wildman–Crippen LogP) is 6.14. The molecule has 1 fully saturated rings. The number of carbonyl (C=O) groups is 2. The summed E-state index contributed by atoms with van der Waals surface area (Å²) < 4.78 is 21.1. The fourth-order valence-corrected chi connectivity index (χ4v) is 5.80. The van der Waals surface area contributed by atoms with Crippen molar-refractivity contribution in [2.75, 3.05) is 23.4 Å². The highest BCUT2D eigenvalue weighted by Crippen LogP contribution is 2.42. The Hall–Kier alpha value is -4.44. The molecule has 202 valence electrons. The van der Waals surface area contributed by atoms with Crippen molar-refractivity contribution >= 4 is 51.6 Å². The first-order chi connectivity index (χ1) is 19.3. The molecule has 0 atom stereocenters. The van der Waals surface area contributed by atoms with E-state index in [1.165, 1.54) is 12.4 Å². The monoisotopic (exact) mass is 559 g/mol. The molecule has 2 aromatic carbocycles. The summed E-state index contributed by atoms with van der Waals surface area (Å²) in [6.07, 6.45) is 3.96. The van der Waals surface area contributed by atoms with Gasteiger partial charge in [0.25, 0.3) is 5.91 Å². The third-order valence-electron chi connectivity index (χ3n) is 7.72. The van der Waals surface area contributed by atoms with Crippen LogP contribution in [0.4, 0.5) is 26.4 Å². The summed E-state index contributed by atoms with van der Waals surface area (Å²) in [6.45, 7) is 2.64. The minimum absolute atomic E-state index is 0.0853. The molecule has 4 aromatic rings. The highest BCUT2D eigenvalue weighted by molar-refractivity contribution is 6.36. The number of carboxylic acid groups (broad SMARTS) is 1. The fourth-order valence-electron chi connectivity index (χ4n) is 5.54. The lowest BCUT2D eigenvalue weighted by Gasteiger charge is -2.28. The van der Waals surface area contributed by atoms with Gasteiger partial charge in [-0.2, -0.15) is 0 Å². The van der Waals surface area contributed by atoms with E-state index in [1.807, 2.05) is 23.1 Å². The third-order valence-corrected chi connectivity index (χ3v) is 8.09. The molecule has 7 rings (SSSR count). The molecule has 1 saturated carbocycles. The lowest BCUT2D eigenvalue weighted by molar-refractivity contribution is 0.0766. The van der Waals surface area contributed by atoms with Gasteiger partial charge in [-0.05, 0) is 66.6 Å². The first-order valence-corrected chi connectivity index (χ1v) is 13.3. The van der Waals surface area contributed by atoms with Gasteiger partial charge >= 0.3 is 6.09 Å². The molecule has 11 heteroatoms. The lowest BCUT2D eigenvalue weighted by Crippen LogP contribution is -2.37. The second-order valence-electron chi connectivity index (χ2n) is 10.2. The van der Waals surface area contributed by atoms with E-state index in [2.05, 4.69) is 15.3 Å². The zero-order valence-electron chi connectivity index (χ0n) is 21.4. The maximum Gasteiger partial charge on any atom is 0.412 e. The van der Waals surface area contributed by atoms with Crippen molar-refractivity contribution < 1.29 is 23.8 Å². The highest BCUT2D eigenvalue weighted by atomic mass is 35.5. The van der Waals surface area contributed by atoms with Crippen LogP contribution in [-0.2, 0) is 6.54 Å². The van der Waals surface area contributed by atoms with E-state index in [0.29, 0.717) is 46.0 Å². The standard InChI is InChI=1S/C29H23ClFN5O4/c1-14-21(11-33-27-26(14)35(29(38)39)6-7-40-27)20-9-15-10-23(32-12-22(15)24(30)25(20)31)34-17-2-5-19-16(8-17)13-36(28(19)37)18-3-4-18/h2,5,8-12,18H,3-4,6-7,13H2,1H3,(H,32,34)(H,38,39). The van der Waals surface area contributed by atoms with Crippen LogP contribution in [0.3, 0.4) is 0 Å². The average Bonchev–Trinajstić information content (AvgIpc) is 3.74. The molecular weight excluding hydrogens is 537 g/mol. The van der Waals surface area contributed by atoms with E-state index in [4.69, 9.17) is 16.3 Å². The van der Waals surface area contributed by atoms with Crippen LogP contribution >= 0.6 is 11.6 Å². The number of halogens is 2. The van der Waals surface area contributed by atoms with Crippen molar-refractivity contribution in [1.82, 2.24) is 14.9 Å². The molecule has 4 heterocycles. The van der Waals surface area contributed by atoms with Crippen LogP contribution in [0.15, 0.2) is 42.7 Å². The molecule has 2 aliphatic heterocycles. The first-order valence-electron chi connectivity index (χ1n) is 12.9. The van der Waals surface area contributed by atoms with Crippen molar-refractivity contribution in [3.05, 3.63) is 70.3 Å². The Kier molecular flexibility index (Phi) is 5.57. The molecule has 40 heavy (non-hydrogen) atoms. The van der Waals surface area contributed by atoms with Crippen LogP contribution in [-0.4, -0.2) is 51.2 Å². The molecule has 0 bridgehead atoms. The van der Waals surface area contributed by atoms with Crippen molar-refractivity contribution in [2.45, 2.75) is 32.4 Å². The Bertz CT molecular complexity index is 1760. The Balaban J connectivity index is 1.25. The molecule has 0 radical (unpaired) electrons. The number of nitrogens with one attached hydrogen (secondary N) is 1. The smallest absolute Gasteiger partial charge is 0.412 e. The number of carbonyl (C=O) groups excluding carboxylic acids is 1. The average molecular weight is 560 g/mol. The Morgan fingerprint density at radius 3 is 2.75 bits per heavy atom. The minimum atomic E-state index is -1.14. The number of amides is 2. The van der Waals surface area contributed by atoms with Crippen molar-refractivity contribution in [3.8, 4) is 17.0 Å². The number of pyridine rings is 2. The van der Waals surface area contributed by atoms with Gasteiger partial charge in [0, 0.05) is 52.7 Å². The van der Waals surface area contributed by atoms with Gasteiger partial charge in [0.05, 0.1) is 11.6 Å². The molecule has 2 N–H and O–H groups in total. The van der Waals surface area contributed by atoms with E-state index < -0.39 is 11.9 Å². The van der Waals surface area contributed by atoms with Gasteiger partial charge in [0.2, 0.25) is 5.88 Å². The number of ether oxygens (including phenoxy) is 1. The number of nitrogens with zero attached hydrogens (tertiary/aromatic N) is 4. The summed E-state index contributed by atoms with van der Waals surface area (Å²) in [5.74, 6) is 0.148. The zero-order chi connectivity index (χ0) is 27.7. The highest BCUT2D eigenvalue weighted by Gasteiger charge is 2.38. The van der Waals surface area contributed by atoms with Crippen LogP contribution in [0.25, 0.3) is 21.9 Å². The van der Waals surface area contributed by atoms with Crippen molar-refractivity contribution in [2.24, 2.45) is 0 Å². The second kappa shape index (κ2) is 9.06. The van der Waals surface area contributed by atoms with E-state index in [1.54, 1.807) is 19.1 Å². The maximum atomic E-state index is 15.6. The number of aromatic nitrogens is 2. The lowest BCUT2D eigenvalue weighted by atomic mass is 9.97. The summed E-state index contributed by atoms with van der Waals surface area (Å²) in [4.78, 5) is 36.3. The number of fused-ring (bicyclic) bond motifs is 3. The molecular formula is C29H23ClFN5O4. The Morgan fingerprint density at radius 1 is 1.15 bits per heavy atom. The molecule has 2 amide bonds. The fraction of sp³-hybridized carbons (Fsp3) is 0.241. The molecule has 0 unspecified atom stereocenters. The first kappa shape index (κ1) is 24.6. The summed E-state index contributed by atoms with van der Waals surface area (Å²) >= 11 is 6.47. The van der Waals surface area contributed by atoms with Gasteiger partial charge in [0.1, 0.15) is 23.9 Å². The van der Waals surface area contributed by atoms with E-state index in [0.717, 1.165) is 34.6 Å². The largest absolute Gasteiger partial charge is 0.474 e. The number of rotatable bonds is 4. The van der Waals surface area contributed by atoms with Gasteiger partial charge in [-0.15, -0.1) is 0 Å². The molecule has 3 aliphatic rings. The number of hydrogen-bond acceptors (Lipinski definition) is 6. The molecule has 2 aromatic heterocycles. The third kappa shape index (κ3) is 3.90.